The van der Waals surface area contributed by atoms with Crippen LogP contribution in [0.4, 0.5) is 11.5 Å². The molecule has 3 aromatic rings. The van der Waals surface area contributed by atoms with Crippen LogP contribution in [0.5, 0.6) is 0 Å². The zero-order valence-electron chi connectivity index (χ0n) is 13.3. The summed E-state index contributed by atoms with van der Waals surface area (Å²) in [6.07, 6.45) is 0. The van der Waals surface area contributed by atoms with Crippen LogP contribution in [-0.2, 0) is 0 Å². The van der Waals surface area contributed by atoms with Crippen LogP contribution >= 0.6 is 11.3 Å². The highest BCUT2D eigenvalue weighted by atomic mass is 32.1. The van der Waals surface area contributed by atoms with Crippen molar-refractivity contribution in [3.63, 3.8) is 0 Å². The van der Waals surface area contributed by atoms with Crippen LogP contribution in [0.2, 0.25) is 0 Å². The molecule has 0 saturated heterocycles. The second-order valence-electron chi connectivity index (χ2n) is 5.77. The summed E-state index contributed by atoms with van der Waals surface area (Å²) >= 11 is 1.19. The Morgan fingerprint density at radius 1 is 1.08 bits per heavy atom. The molecule has 0 aliphatic rings. The summed E-state index contributed by atoms with van der Waals surface area (Å²) in [5.41, 5.74) is 15.4. The lowest BCUT2D eigenvalue weighted by Gasteiger charge is -2.11. The Labute approximate surface area is 143 Å². The molecular formula is C18H15N5S. The van der Waals surface area contributed by atoms with Crippen molar-refractivity contribution in [3.8, 4) is 23.3 Å². The third-order valence-electron chi connectivity index (χ3n) is 3.98. The fraction of sp³-hybridized carbons (Fsp3) is 0.167. The van der Waals surface area contributed by atoms with E-state index in [1.165, 1.54) is 16.9 Å². The average Bonchev–Trinajstić information content (AvgIpc) is 2.89. The highest BCUT2D eigenvalue weighted by Crippen LogP contribution is 2.42. The van der Waals surface area contributed by atoms with Crippen molar-refractivity contribution < 1.29 is 0 Å². The van der Waals surface area contributed by atoms with E-state index in [2.05, 4.69) is 31.0 Å². The molecule has 6 heteroatoms. The molecule has 0 aliphatic carbocycles. The van der Waals surface area contributed by atoms with Crippen LogP contribution in [0, 0.1) is 22.7 Å². The number of hydrogen-bond donors (Lipinski definition) is 2. The summed E-state index contributed by atoms with van der Waals surface area (Å²) < 4.78 is 0. The van der Waals surface area contributed by atoms with Crippen molar-refractivity contribution in [2.24, 2.45) is 0 Å². The van der Waals surface area contributed by atoms with Gasteiger partial charge < -0.3 is 11.5 Å². The Bertz CT molecular complexity index is 1020. The molecule has 5 nitrogen and oxygen atoms in total. The molecule has 4 N–H and O–H groups in total. The zero-order valence-corrected chi connectivity index (χ0v) is 14.1. The van der Waals surface area contributed by atoms with Crippen molar-refractivity contribution in [1.29, 1.82) is 10.5 Å². The van der Waals surface area contributed by atoms with Gasteiger partial charge in [-0.05, 0) is 17.0 Å². The van der Waals surface area contributed by atoms with Crippen molar-refractivity contribution in [1.82, 2.24) is 4.98 Å². The number of anilines is 2. The van der Waals surface area contributed by atoms with Crippen molar-refractivity contribution in [2.45, 2.75) is 19.8 Å². The number of nitrogens with zero attached hydrogens (tertiary/aromatic N) is 3. The fourth-order valence-corrected chi connectivity index (χ4v) is 3.60. The minimum Gasteiger partial charge on any atom is -0.396 e. The zero-order chi connectivity index (χ0) is 17.4. The van der Waals surface area contributed by atoms with Gasteiger partial charge in [-0.15, -0.1) is 11.3 Å². The molecule has 2 aromatic heterocycles. The van der Waals surface area contributed by atoms with Crippen LogP contribution in [0.25, 0.3) is 21.3 Å². The molecule has 0 aliphatic heterocycles. The van der Waals surface area contributed by atoms with E-state index < -0.39 is 0 Å². The molecule has 0 atom stereocenters. The van der Waals surface area contributed by atoms with Gasteiger partial charge in [0.2, 0.25) is 0 Å². The Kier molecular flexibility index (Phi) is 3.84. The van der Waals surface area contributed by atoms with Gasteiger partial charge in [0.25, 0.3) is 0 Å². The maximum absolute atomic E-state index is 9.55. The predicted molar refractivity (Wildman–Crippen MR) is 97.4 cm³/mol. The summed E-state index contributed by atoms with van der Waals surface area (Å²) in [6, 6.07) is 12.2. The number of aromatic nitrogens is 1. The topological polar surface area (TPSA) is 113 Å². The molecule has 0 radical (unpaired) electrons. The number of hydrogen-bond acceptors (Lipinski definition) is 6. The molecule has 24 heavy (non-hydrogen) atoms. The standard InChI is InChI=1S/C18H15N5S/c1-9(2)10-3-5-11(6-4-10)14-12(7-19)17(22)23-18-15(14)16(21)13(8-20)24-18/h3-6,9H,21H2,1-2H3,(H2,22,23). The molecule has 0 amide bonds. The minimum absolute atomic E-state index is 0.152. The number of nitriles is 2. The van der Waals surface area contributed by atoms with Gasteiger partial charge in [0.1, 0.15) is 33.2 Å². The number of benzene rings is 1. The summed E-state index contributed by atoms with van der Waals surface area (Å²) in [6.45, 7) is 4.24. The molecule has 0 unspecified atom stereocenters. The van der Waals surface area contributed by atoms with Crippen LogP contribution in [0.1, 0.15) is 35.8 Å². The lowest BCUT2D eigenvalue weighted by Crippen LogP contribution is -1.99. The number of pyridine rings is 1. The van der Waals surface area contributed by atoms with Crippen LogP contribution < -0.4 is 11.5 Å². The Morgan fingerprint density at radius 3 is 2.29 bits per heavy atom. The monoisotopic (exact) mass is 333 g/mol. The first kappa shape index (κ1) is 15.8. The van der Waals surface area contributed by atoms with Crippen molar-refractivity contribution in [3.05, 3.63) is 40.3 Å². The Balaban J connectivity index is 2.39. The molecule has 3 rings (SSSR count). The SMILES string of the molecule is CC(C)c1ccc(-c2c(C#N)c(N)nc3sc(C#N)c(N)c23)cc1. The van der Waals surface area contributed by atoms with Gasteiger partial charge in [0, 0.05) is 10.9 Å². The molecule has 118 valence electrons. The van der Waals surface area contributed by atoms with Gasteiger partial charge >= 0.3 is 0 Å². The normalized spacial score (nSPS) is 10.7. The lowest BCUT2D eigenvalue weighted by molar-refractivity contribution is 0.867. The third-order valence-corrected chi connectivity index (χ3v) is 4.99. The first-order valence-corrected chi connectivity index (χ1v) is 8.21. The number of rotatable bonds is 2. The second kappa shape index (κ2) is 5.84. The third kappa shape index (κ3) is 2.34. The molecular weight excluding hydrogens is 318 g/mol. The van der Waals surface area contributed by atoms with Gasteiger partial charge in [0.05, 0.1) is 5.69 Å². The van der Waals surface area contributed by atoms with E-state index >= 15 is 0 Å². The number of thiophene rings is 1. The summed E-state index contributed by atoms with van der Waals surface area (Å²) in [5.74, 6) is 0.562. The van der Waals surface area contributed by atoms with E-state index in [0.29, 0.717) is 32.3 Å². The van der Waals surface area contributed by atoms with E-state index in [1.807, 2.05) is 24.3 Å². The second-order valence-corrected chi connectivity index (χ2v) is 6.77. The molecule has 2 heterocycles. The summed E-state index contributed by atoms with van der Waals surface area (Å²) in [7, 11) is 0. The number of fused-ring (bicyclic) bond motifs is 1. The predicted octanol–water partition coefficient (Wildman–Crippen LogP) is 3.99. The molecule has 1 aromatic carbocycles. The number of nitrogen functional groups attached to an aromatic ring is 2. The van der Waals surface area contributed by atoms with Crippen LogP contribution in [0.3, 0.4) is 0 Å². The first-order chi connectivity index (χ1) is 11.5. The fourth-order valence-electron chi connectivity index (χ4n) is 2.69. The molecule has 0 saturated carbocycles. The highest BCUT2D eigenvalue weighted by molar-refractivity contribution is 7.20. The maximum atomic E-state index is 9.55. The van der Waals surface area contributed by atoms with Gasteiger partial charge in [-0.1, -0.05) is 38.1 Å². The van der Waals surface area contributed by atoms with E-state index in [0.717, 1.165) is 5.56 Å². The van der Waals surface area contributed by atoms with Gasteiger partial charge in [-0.25, -0.2) is 4.98 Å². The van der Waals surface area contributed by atoms with E-state index in [1.54, 1.807) is 0 Å². The number of nitrogens with two attached hydrogens (primary N) is 2. The van der Waals surface area contributed by atoms with Gasteiger partial charge in [-0.3, -0.25) is 0 Å². The van der Waals surface area contributed by atoms with Crippen molar-refractivity contribution in [2.75, 3.05) is 11.5 Å². The highest BCUT2D eigenvalue weighted by Gasteiger charge is 2.21. The van der Waals surface area contributed by atoms with Crippen molar-refractivity contribution >= 4 is 33.1 Å². The summed E-state index contributed by atoms with van der Waals surface area (Å²) in [5, 5.41) is 19.4. The average molecular weight is 333 g/mol. The van der Waals surface area contributed by atoms with E-state index in [-0.39, 0.29) is 11.4 Å². The first-order valence-electron chi connectivity index (χ1n) is 7.39. The lowest BCUT2D eigenvalue weighted by atomic mass is 9.94. The van der Waals surface area contributed by atoms with E-state index in [9.17, 15) is 10.5 Å². The Morgan fingerprint density at radius 2 is 1.75 bits per heavy atom. The quantitative estimate of drug-likeness (QED) is 0.736. The maximum Gasteiger partial charge on any atom is 0.143 e. The van der Waals surface area contributed by atoms with Gasteiger partial charge in [-0.2, -0.15) is 10.5 Å². The Hall–Kier alpha value is -3.09. The molecule has 0 spiro atoms. The molecule has 0 fully saturated rings. The van der Waals surface area contributed by atoms with Crippen LogP contribution in [-0.4, -0.2) is 4.98 Å². The van der Waals surface area contributed by atoms with E-state index in [4.69, 9.17) is 11.5 Å². The van der Waals surface area contributed by atoms with Crippen LogP contribution in [0.15, 0.2) is 24.3 Å². The van der Waals surface area contributed by atoms with Gasteiger partial charge in [0.15, 0.2) is 0 Å². The molecule has 0 bridgehead atoms. The summed E-state index contributed by atoms with van der Waals surface area (Å²) in [4.78, 5) is 5.20. The largest absolute Gasteiger partial charge is 0.396 e. The smallest absolute Gasteiger partial charge is 0.143 e. The minimum atomic E-state index is 0.152.